The zero-order chi connectivity index (χ0) is 16.3. The van der Waals surface area contributed by atoms with E-state index in [1.165, 1.54) is 5.56 Å². The van der Waals surface area contributed by atoms with Gasteiger partial charge in [0.15, 0.2) is 0 Å². The smallest absolute Gasteiger partial charge is 0.120 e. The van der Waals surface area contributed by atoms with Crippen molar-refractivity contribution in [1.29, 1.82) is 0 Å². The molecule has 0 saturated heterocycles. The molecule has 0 saturated carbocycles. The summed E-state index contributed by atoms with van der Waals surface area (Å²) in [5, 5.41) is 4.16. The molecular formula is C19H24ClNO2. The van der Waals surface area contributed by atoms with Gasteiger partial charge < -0.3 is 14.8 Å². The standard InChI is InChI=1S/C19H24ClNO2/c1-2-22-12-4-11-21-14-17-5-3-6-19(13-17)23-15-16-7-9-18(20)10-8-16/h3,5-10,13,21H,2,4,11-12,14-15H2,1H3. The second kappa shape index (κ2) is 10.3. The van der Waals surface area contributed by atoms with Crippen LogP contribution in [0.15, 0.2) is 48.5 Å². The highest BCUT2D eigenvalue weighted by Crippen LogP contribution is 2.16. The molecule has 1 N–H and O–H groups in total. The van der Waals surface area contributed by atoms with Gasteiger partial charge in [0.25, 0.3) is 0 Å². The average Bonchev–Trinajstić information content (AvgIpc) is 2.58. The van der Waals surface area contributed by atoms with Crippen LogP contribution in [0.2, 0.25) is 5.02 Å². The summed E-state index contributed by atoms with van der Waals surface area (Å²) < 4.78 is 11.2. The highest BCUT2D eigenvalue weighted by molar-refractivity contribution is 6.30. The van der Waals surface area contributed by atoms with E-state index in [0.29, 0.717) is 6.61 Å². The van der Waals surface area contributed by atoms with E-state index in [2.05, 4.69) is 17.4 Å². The van der Waals surface area contributed by atoms with Crippen LogP contribution in [0.1, 0.15) is 24.5 Å². The highest BCUT2D eigenvalue weighted by Gasteiger charge is 1.99. The van der Waals surface area contributed by atoms with E-state index in [4.69, 9.17) is 21.1 Å². The third-order valence-corrected chi connectivity index (χ3v) is 3.64. The molecule has 0 radical (unpaired) electrons. The van der Waals surface area contributed by atoms with Gasteiger partial charge in [-0.15, -0.1) is 0 Å². The van der Waals surface area contributed by atoms with Crippen LogP contribution in [-0.4, -0.2) is 19.8 Å². The molecule has 0 bridgehead atoms. The normalized spacial score (nSPS) is 10.7. The molecule has 0 aliphatic rings. The number of ether oxygens (including phenoxy) is 2. The van der Waals surface area contributed by atoms with E-state index in [0.717, 1.165) is 49.1 Å². The van der Waals surface area contributed by atoms with Crippen LogP contribution in [-0.2, 0) is 17.9 Å². The van der Waals surface area contributed by atoms with Crippen molar-refractivity contribution in [2.75, 3.05) is 19.8 Å². The van der Waals surface area contributed by atoms with Gasteiger partial charge >= 0.3 is 0 Å². The summed E-state index contributed by atoms with van der Waals surface area (Å²) in [4.78, 5) is 0. The van der Waals surface area contributed by atoms with Gasteiger partial charge in [0.05, 0.1) is 0 Å². The van der Waals surface area contributed by atoms with Gasteiger partial charge in [0.1, 0.15) is 12.4 Å². The van der Waals surface area contributed by atoms with Crippen molar-refractivity contribution in [1.82, 2.24) is 5.32 Å². The summed E-state index contributed by atoms with van der Waals surface area (Å²) in [7, 11) is 0. The quantitative estimate of drug-likeness (QED) is 0.652. The van der Waals surface area contributed by atoms with Crippen molar-refractivity contribution >= 4 is 11.6 Å². The largest absolute Gasteiger partial charge is 0.489 e. The molecule has 0 aromatic heterocycles. The van der Waals surface area contributed by atoms with Crippen LogP contribution in [0.5, 0.6) is 5.75 Å². The van der Waals surface area contributed by atoms with Crippen molar-refractivity contribution in [3.63, 3.8) is 0 Å². The lowest BCUT2D eigenvalue weighted by Crippen LogP contribution is -2.16. The molecule has 2 aromatic rings. The second-order valence-electron chi connectivity index (χ2n) is 5.29. The van der Waals surface area contributed by atoms with E-state index < -0.39 is 0 Å². The maximum Gasteiger partial charge on any atom is 0.120 e. The molecule has 2 aromatic carbocycles. The number of benzene rings is 2. The summed E-state index contributed by atoms with van der Waals surface area (Å²) in [6.07, 6.45) is 1.03. The minimum Gasteiger partial charge on any atom is -0.489 e. The predicted octanol–water partition coefficient (Wildman–Crippen LogP) is 4.44. The fourth-order valence-corrected chi connectivity index (χ4v) is 2.29. The van der Waals surface area contributed by atoms with Crippen LogP contribution >= 0.6 is 11.6 Å². The summed E-state index contributed by atoms with van der Waals surface area (Å²) in [6, 6.07) is 15.9. The Kier molecular flexibility index (Phi) is 7.95. The Morgan fingerprint density at radius 2 is 1.87 bits per heavy atom. The van der Waals surface area contributed by atoms with Crippen LogP contribution in [0.4, 0.5) is 0 Å². The van der Waals surface area contributed by atoms with Crippen molar-refractivity contribution < 1.29 is 9.47 Å². The molecule has 0 atom stereocenters. The van der Waals surface area contributed by atoms with E-state index >= 15 is 0 Å². The van der Waals surface area contributed by atoms with Gasteiger partial charge in [-0.2, -0.15) is 0 Å². The maximum absolute atomic E-state index is 5.88. The number of halogens is 1. The lowest BCUT2D eigenvalue weighted by atomic mass is 10.2. The Labute approximate surface area is 143 Å². The third-order valence-electron chi connectivity index (χ3n) is 3.39. The van der Waals surface area contributed by atoms with Gasteiger partial charge in [-0.05, 0) is 55.3 Å². The topological polar surface area (TPSA) is 30.5 Å². The maximum atomic E-state index is 5.88. The lowest BCUT2D eigenvalue weighted by Gasteiger charge is -2.09. The Hall–Kier alpha value is -1.55. The van der Waals surface area contributed by atoms with E-state index in [1.54, 1.807) is 0 Å². The predicted molar refractivity (Wildman–Crippen MR) is 95.0 cm³/mol. The summed E-state index contributed by atoms with van der Waals surface area (Å²) in [6.45, 7) is 5.95. The van der Waals surface area contributed by atoms with Crippen molar-refractivity contribution in [2.24, 2.45) is 0 Å². The summed E-state index contributed by atoms with van der Waals surface area (Å²) in [5.74, 6) is 0.883. The molecular weight excluding hydrogens is 310 g/mol. The van der Waals surface area contributed by atoms with Crippen molar-refractivity contribution in [3.8, 4) is 5.75 Å². The zero-order valence-electron chi connectivity index (χ0n) is 13.6. The Balaban J connectivity index is 1.74. The van der Waals surface area contributed by atoms with E-state index in [9.17, 15) is 0 Å². The summed E-state index contributed by atoms with van der Waals surface area (Å²) >= 11 is 5.88. The molecule has 0 unspecified atom stereocenters. The molecule has 0 amide bonds. The molecule has 2 rings (SSSR count). The van der Waals surface area contributed by atoms with Crippen molar-refractivity contribution in [3.05, 3.63) is 64.7 Å². The minimum absolute atomic E-state index is 0.544. The van der Waals surface area contributed by atoms with Gasteiger partial charge in [-0.3, -0.25) is 0 Å². The van der Waals surface area contributed by atoms with Gasteiger partial charge in [0, 0.05) is 24.8 Å². The van der Waals surface area contributed by atoms with Crippen LogP contribution in [0.3, 0.4) is 0 Å². The van der Waals surface area contributed by atoms with Gasteiger partial charge in [0.2, 0.25) is 0 Å². The van der Waals surface area contributed by atoms with Crippen LogP contribution in [0.25, 0.3) is 0 Å². The molecule has 23 heavy (non-hydrogen) atoms. The fraction of sp³-hybridized carbons (Fsp3) is 0.368. The van der Waals surface area contributed by atoms with Gasteiger partial charge in [-0.25, -0.2) is 0 Å². The van der Waals surface area contributed by atoms with E-state index in [-0.39, 0.29) is 0 Å². The first-order chi connectivity index (χ1) is 11.3. The molecule has 4 heteroatoms. The van der Waals surface area contributed by atoms with Crippen molar-refractivity contribution in [2.45, 2.75) is 26.5 Å². The SMILES string of the molecule is CCOCCCNCc1cccc(OCc2ccc(Cl)cc2)c1. The third kappa shape index (κ3) is 7.04. The van der Waals surface area contributed by atoms with E-state index in [1.807, 2.05) is 43.3 Å². The Morgan fingerprint density at radius 1 is 1.04 bits per heavy atom. The molecule has 0 aliphatic carbocycles. The molecule has 0 spiro atoms. The lowest BCUT2D eigenvalue weighted by molar-refractivity contribution is 0.144. The minimum atomic E-state index is 0.544. The first-order valence-electron chi connectivity index (χ1n) is 8.02. The highest BCUT2D eigenvalue weighted by atomic mass is 35.5. The second-order valence-corrected chi connectivity index (χ2v) is 5.73. The number of hydrogen-bond acceptors (Lipinski definition) is 3. The molecule has 0 heterocycles. The van der Waals surface area contributed by atoms with Crippen LogP contribution < -0.4 is 10.1 Å². The molecule has 3 nitrogen and oxygen atoms in total. The number of hydrogen-bond donors (Lipinski definition) is 1. The Morgan fingerprint density at radius 3 is 2.65 bits per heavy atom. The first kappa shape index (κ1) is 17.8. The summed E-state index contributed by atoms with van der Waals surface area (Å²) in [5.41, 5.74) is 2.32. The molecule has 0 fully saturated rings. The van der Waals surface area contributed by atoms with Gasteiger partial charge in [-0.1, -0.05) is 35.9 Å². The fourth-order valence-electron chi connectivity index (χ4n) is 2.17. The zero-order valence-corrected chi connectivity index (χ0v) is 14.3. The monoisotopic (exact) mass is 333 g/mol. The number of rotatable bonds is 10. The Bertz CT molecular complexity index is 572. The average molecular weight is 334 g/mol. The molecule has 0 aliphatic heterocycles. The first-order valence-corrected chi connectivity index (χ1v) is 8.40. The number of nitrogens with one attached hydrogen (secondary N) is 1. The molecule has 124 valence electrons. The van der Waals surface area contributed by atoms with Crippen LogP contribution in [0, 0.1) is 0 Å².